The molecule has 1 amide bonds. The van der Waals surface area contributed by atoms with Crippen LogP contribution in [0, 0.1) is 19.7 Å². The molecule has 3 aromatic rings. The SMILES string of the molecule is CON(C)C(=O)c1ccc(C)c(-n2c(C)nc(OCc3ccc(F)cc3)c(Cl)c2=O)c1. The molecule has 1 aromatic heterocycles. The number of halogens is 2. The van der Waals surface area contributed by atoms with Crippen LogP contribution in [0.3, 0.4) is 0 Å². The van der Waals surface area contributed by atoms with Gasteiger partial charge in [0.15, 0.2) is 5.02 Å². The number of nitrogens with zero attached hydrogens (tertiary/aromatic N) is 3. The van der Waals surface area contributed by atoms with Gasteiger partial charge in [-0.3, -0.25) is 19.0 Å². The molecule has 0 saturated heterocycles. The molecule has 7 nitrogen and oxygen atoms in total. The van der Waals surface area contributed by atoms with E-state index >= 15 is 0 Å². The lowest BCUT2D eigenvalue weighted by molar-refractivity contribution is -0.0757. The molecule has 1 heterocycles. The van der Waals surface area contributed by atoms with Crippen LogP contribution in [-0.2, 0) is 11.4 Å². The third-order valence-electron chi connectivity index (χ3n) is 4.71. The van der Waals surface area contributed by atoms with Gasteiger partial charge in [0, 0.05) is 12.6 Å². The van der Waals surface area contributed by atoms with Gasteiger partial charge >= 0.3 is 0 Å². The summed E-state index contributed by atoms with van der Waals surface area (Å²) in [6, 6.07) is 10.7. The van der Waals surface area contributed by atoms with Crippen LogP contribution in [0.15, 0.2) is 47.3 Å². The summed E-state index contributed by atoms with van der Waals surface area (Å²) in [7, 11) is 2.88. The van der Waals surface area contributed by atoms with Crippen molar-refractivity contribution in [2.45, 2.75) is 20.5 Å². The summed E-state index contributed by atoms with van der Waals surface area (Å²) in [5, 5.41) is 0.889. The molecule has 0 spiro atoms. The maximum atomic E-state index is 13.1. The Balaban J connectivity index is 1.98. The molecule has 2 aromatic carbocycles. The summed E-state index contributed by atoms with van der Waals surface area (Å²) in [6.45, 7) is 3.52. The van der Waals surface area contributed by atoms with E-state index in [0.29, 0.717) is 22.6 Å². The van der Waals surface area contributed by atoms with E-state index in [4.69, 9.17) is 21.2 Å². The van der Waals surface area contributed by atoms with Crippen LogP contribution in [0.25, 0.3) is 5.69 Å². The summed E-state index contributed by atoms with van der Waals surface area (Å²) < 4.78 is 20.0. The number of aromatic nitrogens is 2. The molecule has 0 radical (unpaired) electrons. The van der Waals surface area contributed by atoms with Crippen molar-refractivity contribution in [3.63, 3.8) is 0 Å². The number of hydroxylamine groups is 2. The third kappa shape index (κ3) is 4.76. The van der Waals surface area contributed by atoms with Crippen LogP contribution in [0.1, 0.15) is 27.3 Å². The first-order valence-electron chi connectivity index (χ1n) is 9.32. The van der Waals surface area contributed by atoms with Crippen molar-refractivity contribution in [1.29, 1.82) is 0 Å². The highest BCUT2D eigenvalue weighted by atomic mass is 35.5. The molecule has 3 rings (SSSR count). The number of carbonyl (C=O) groups is 1. The lowest BCUT2D eigenvalue weighted by atomic mass is 10.1. The Morgan fingerprint density at radius 1 is 1.19 bits per heavy atom. The number of rotatable bonds is 6. The van der Waals surface area contributed by atoms with Gasteiger partial charge in [0.05, 0.1) is 12.8 Å². The van der Waals surface area contributed by atoms with Gasteiger partial charge in [-0.05, 0) is 49.2 Å². The number of hydrogen-bond donors (Lipinski definition) is 0. The molecule has 162 valence electrons. The maximum absolute atomic E-state index is 13.1. The molecule has 0 saturated carbocycles. The predicted molar refractivity (Wildman–Crippen MR) is 114 cm³/mol. The zero-order valence-electron chi connectivity index (χ0n) is 17.5. The van der Waals surface area contributed by atoms with Gasteiger partial charge in [0.2, 0.25) is 5.88 Å². The summed E-state index contributed by atoms with van der Waals surface area (Å²) in [6.07, 6.45) is 0. The molecule has 0 aliphatic heterocycles. The Hall–Kier alpha value is -3.23. The second-order valence-electron chi connectivity index (χ2n) is 6.82. The molecule has 0 aliphatic carbocycles. The fraction of sp³-hybridized carbons (Fsp3) is 0.227. The van der Waals surface area contributed by atoms with E-state index in [1.807, 2.05) is 6.92 Å². The molecule has 0 fully saturated rings. The summed E-state index contributed by atoms with van der Waals surface area (Å²) in [4.78, 5) is 34.7. The zero-order valence-corrected chi connectivity index (χ0v) is 18.2. The van der Waals surface area contributed by atoms with Gasteiger partial charge in [-0.1, -0.05) is 29.8 Å². The first-order valence-corrected chi connectivity index (χ1v) is 9.70. The van der Waals surface area contributed by atoms with Crippen LogP contribution in [-0.4, -0.2) is 34.7 Å². The van der Waals surface area contributed by atoms with E-state index in [1.54, 1.807) is 37.3 Å². The van der Waals surface area contributed by atoms with Crippen LogP contribution in [0.2, 0.25) is 5.02 Å². The molecule has 0 N–H and O–H groups in total. The fourth-order valence-corrected chi connectivity index (χ4v) is 3.12. The number of carbonyl (C=O) groups excluding carboxylic acids is 1. The minimum absolute atomic E-state index is 0.0197. The summed E-state index contributed by atoms with van der Waals surface area (Å²) in [5.41, 5.74) is 1.72. The average Bonchev–Trinajstić information content (AvgIpc) is 2.76. The topological polar surface area (TPSA) is 73.7 Å². The van der Waals surface area contributed by atoms with Gasteiger partial charge in [-0.2, -0.15) is 4.98 Å². The Morgan fingerprint density at radius 2 is 1.87 bits per heavy atom. The Labute approximate surface area is 183 Å². The Bertz CT molecular complexity index is 1180. The lowest BCUT2D eigenvalue weighted by Crippen LogP contribution is -2.27. The predicted octanol–water partition coefficient (Wildman–Crippen LogP) is 3.85. The quantitative estimate of drug-likeness (QED) is 0.539. The summed E-state index contributed by atoms with van der Waals surface area (Å²) >= 11 is 6.26. The second-order valence-corrected chi connectivity index (χ2v) is 7.20. The van der Waals surface area contributed by atoms with E-state index in [-0.39, 0.29) is 29.2 Å². The molecular formula is C22H21ClFN3O4. The van der Waals surface area contributed by atoms with Crippen LogP contribution >= 0.6 is 11.6 Å². The minimum atomic E-state index is -0.531. The first-order chi connectivity index (χ1) is 14.7. The Morgan fingerprint density at radius 3 is 2.52 bits per heavy atom. The third-order valence-corrected chi connectivity index (χ3v) is 5.03. The standard InChI is InChI=1S/C22H21ClFN3O4/c1-13-5-8-16(21(28)26(3)30-4)11-18(13)27-14(2)25-20(19(23)22(27)29)31-12-15-6-9-17(24)10-7-15/h5-11H,12H2,1-4H3. The van der Waals surface area contributed by atoms with Crippen LogP contribution in [0.4, 0.5) is 4.39 Å². The number of amides is 1. The van der Waals surface area contributed by atoms with Crippen molar-refractivity contribution >= 4 is 17.5 Å². The van der Waals surface area contributed by atoms with Crippen molar-refractivity contribution < 1.29 is 18.8 Å². The molecule has 0 atom stereocenters. The van der Waals surface area contributed by atoms with Crippen LogP contribution in [0.5, 0.6) is 5.88 Å². The number of ether oxygens (including phenoxy) is 1. The first kappa shape index (κ1) is 22.5. The normalized spacial score (nSPS) is 10.8. The van der Waals surface area contributed by atoms with E-state index in [9.17, 15) is 14.0 Å². The average molecular weight is 446 g/mol. The van der Waals surface area contributed by atoms with Gasteiger partial charge in [0.25, 0.3) is 11.5 Å². The molecule has 9 heteroatoms. The molecule has 0 aliphatic rings. The van der Waals surface area contributed by atoms with Crippen molar-refractivity contribution in [3.8, 4) is 11.6 Å². The molecule has 31 heavy (non-hydrogen) atoms. The largest absolute Gasteiger partial charge is 0.472 e. The van der Waals surface area contributed by atoms with Gasteiger partial charge in [-0.25, -0.2) is 9.45 Å². The summed E-state index contributed by atoms with van der Waals surface area (Å²) in [5.74, 6) is -0.413. The van der Waals surface area contributed by atoms with Crippen molar-refractivity contribution in [1.82, 2.24) is 14.6 Å². The second kappa shape index (κ2) is 9.28. The highest BCUT2D eigenvalue weighted by molar-refractivity contribution is 6.31. The van der Waals surface area contributed by atoms with Gasteiger partial charge in [-0.15, -0.1) is 0 Å². The van der Waals surface area contributed by atoms with Gasteiger partial charge < -0.3 is 4.74 Å². The number of hydrogen-bond acceptors (Lipinski definition) is 5. The lowest BCUT2D eigenvalue weighted by Gasteiger charge is -2.17. The van der Waals surface area contributed by atoms with E-state index in [1.165, 1.54) is 30.9 Å². The zero-order chi connectivity index (χ0) is 22.7. The number of aryl methyl sites for hydroxylation is 2. The van der Waals surface area contributed by atoms with Crippen molar-refractivity contribution in [2.24, 2.45) is 0 Å². The van der Waals surface area contributed by atoms with Gasteiger partial charge in [0.1, 0.15) is 18.2 Å². The van der Waals surface area contributed by atoms with E-state index in [0.717, 1.165) is 10.6 Å². The van der Waals surface area contributed by atoms with Crippen molar-refractivity contribution in [2.75, 3.05) is 14.2 Å². The smallest absolute Gasteiger partial charge is 0.280 e. The van der Waals surface area contributed by atoms with E-state index < -0.39 is 5.56 Å². The molecular weight excluding hydrogens is 425 g/mol. The van der Waals surface area contributed by atoms with Crippen molar-refractivity contribution in [3.05, 3.63) is 86.2 Å². The minimum Gasteiger partial charge on any atom is -0.472 e. The van der Waals surface area contributed by atoms with Crippen LogP contribution < -0.4 is 10.3 Å². The highest BCUT2D eigenvalue weighted by Crippen LogP contribution is 2.23. The molecule has 0 unspecified atom stereocenters. The van der Waals surface area contributed by atoms with E-state index in [2.05, 4.69) is 4.98 Å². The maximum Gasteiger partial charge on any atom is 0.280 e. The monoisotopic (exact) mass is 445 g/mol. The number of benzene rings is 2. The fourth-order valence-electron chi connectivity index (χ4n) is 2.94. The highest BCUT2D eigenvalue weighted by Gasteiger charge is 2.19. The molecule has 0 bridgehead atoms. The Kier molecular flexibility index (Phi) is 6.72.